The summed E-state index contributed by atoms with van der Waals surface area (Å²) in [6, 6.07) is 3.04. The zero-order valence-corrected chi connectivity index (χ0v) is 12.5. The highest BCUT2D eigenvalue weighted by atomic mass is 32.2. The fraction of sp³-hybridized carbons (Fsp3) is 0.308. The van der Waals surface area contributed by atoms with Crippen molar-refractivity contribution in [3.8, 4) is 5.75 Å². The molecule has 0 aliphatic heterocycles. The van der Waals surface area contributed by atoms with Gasteiger partial charge in [0.1, 0.15) is 17.4 Å². The van der Waals surface area contributed by atoms with E-state index in [1.54, 1.807) is 11.5 Å². The van der Waals surface area contributed by atoms with E-state index in [9.17, 15) is 17.9 Å². The van der Waals surface area contributed by atoms with E-state index < -0.39 is 21.6 Å². The van der Waals surface area contributed by atoms with E-state index >= 15 is 0 Å². The second kappa shape index (κ2) is 5.72. The third-order valence-corrected chi connectivity index (χ3v) is 4.13. The summed E-state index contributed by atoms with van der Waals surface area (Å²) in [7, 11) is -3.93. The molecule has 0 aliphatic carbocycles. The van der Waals surface area contributed by atoms with Crippen LogP contribution in [-0.4, -0.2) is 23.1 Å². The molecule has 0 unspecified atom stereocenters. The van der Waals surface area contributed by atoms with Gasteiger partial charge < -0.3 is 9.67 Å². The maximum absolute atomic E-state index is 12.9. The molecule has 0 fully saturated rings. The number of phenolic OH excluding ortho intramolecular Hbond substituents is 1. The van der Waals surface area contributed by atoms with Crippen molar-refractivity contribution in [3.63, 3.8) is 0 Å². The molecule has 0 saturated carbocycles. The molecular weight excluding hydrogens is 297 g/mol. The van der Waals surface area contributed by atoms with Crippen LogP contribution in [-0.2, 0) is 16.6 Å². The lowest BCUT2D eigenvalue weighted by Gasteiger charge is -2.07. The van der Waals surface area contributed by atoms with E-state index in [4.69, 9.17) is 0 Å². The third kappa shape index (κ3) is 3.33. The molecule has 2 rings (SSSR count). The van der Waals surface area contributed by atoms with Crippen molar-refractivity contribution in [2.24, 2.45) is 0 Å². The Morgan fingerprint density at radius 3 is 2.76 bits per heavy atom. The van der Waals surface area contributed by atoms with Crippen molar-refractivity contribution in [2.75, 3.05) is 4.72 Å². The number of anilines is 1. The average Bonchev–Trinajstić information content (AvgIpc) is 2.76. The van der Waals surface area contributed by atoms with Gasteiger partial charge in [-0.2, -0.15) is 8.42 Å². The quantitative estimate of drug-likeness (QED) is 0.829. The fourth-order valence-corrected chi connectivity index (χ4v) is 2.95. The van der Waals surface area contributed by atoms with Crippen LogP contribution in [0.5, 0.6) is 5.75 Å². The number of halogens is 1. The first kappa shape index (κ1) is 15.3. The number of aromatic hydroxyl groups is 1. The van der Waals surface area contributed by atoms with E-state index in [-0.39, 0.29) is 10.7 Å². The average molecular weight is 313 g/mol. The zero-order chi connectivity index (χ0) is 15.6. The number of hydrogen-bond donors (Lipinski definition) is 2. The molecule has 1 aromatic carbocycles. The van der Waals surface area contributed by atoms with Gasteiger partial charge in [0.2, 0.25) is 0 Å². The molecule has 0 spiro atoms. The lowest BCUT2D eigenvalue weighted by atomic mass is 10.3. The summed E-state index contributed by atoms with van der Waals surface area (Å²) in [5.74, 6) is -0.553. The molecule has 0 bridgehead atoms. The van der Waals surface area contributed by atoms with E-state index in [1.807, 2.05) is 6.92 Å². The number of imidazole rings is 1. The van der Waals surface area contributed by atoms with Crippen molar-refractivity contribution < 1.29 is 17.9 Å². The molecule has 8 heteroatoms. The molecule has 0 atom stereocenters. The third-order valence-electron chi connectivity index (χ3n) is 2.90. The summed E-state index contributed by atoms with van der Waals surface area (Å²) in [5, 5.41) is 9.41. The summed E-state index contributed by atoms with van der Waals surface area (Å²) < 4.78 is 41.3. The van der Waals surface area contributed by atoms with Gasteiger partial charge >= 0.3 is 0 Å². The second-order valence-corrected chi connectivity index (χ2v) is 6.22. The van der Waals surface area contributed by atoms with Gasteiger partial charge in [-0.15, -0.1) is 0 Å². The molecule has 6 nitrogen and oxygen atoms in total. The summed E-state index contributed by atoms with van der Waals surface area (Å²) in [6.45, 7) is 4.35. The van der Waals surface area contributed by atoms with Crippen LogP contribution in [0, 0.1) is 12.7 Å². The molecule has 114 valence electrons. The van der Waals surface area contributed by atoms with Crippen LogP contribution in [0.2, 0.25) is 0 Å². The van der Waals surface area contributed by atoms with Crippen molar-refractivity contribution in [1.29, 1.82) is 0 Å². The first-order valence-electron chi connectivity index (χ1n) is 6.38. The van der Waals surface area contributed by atoms with E-state index in [1.165, 1.54) is 6.20 Å². The van der Waals surface area contributed by atoms with Crippen molar-refractivity contribution in [3.05, 3.63) is 36.0 Å². The predicted octanol–water partition coefficient (Wildman–Crippen LogP) is 2.25. The lowest BCUT2D eigenvalue weighted by Crippen LogP contribution is -2.13. The maximum Gasteiger partial charge on any atom is 0.281 e. The van der Waals surface area contributed by atoms with Gasteiger partial charge in [-0.3, -0.25) is 4.72 Å². The zero-order valence-electron chi connectivity index (χ0n) is 11.7. The lowest BCUT2D eigenvalue weighted by molar-refractivity contribution is 0.471. The van der Waals surface area contributed by atoms with Crippen LogP contribution in [0.25, 0.3) is 0 Å². The first-order valence-corrected chi connectivity index (χ1v) is 7.87. The Kier molecular flexibility index (Phi) is 4.17. The highest BCUT2D eigenvalue weighted by Gasteiger charge is 2.20. The normalized spacial score (nSPS) is 11.6. The number of rotatable bonds is 5. The van der Waals surface area contributed by atoms with E-state index in [0.29, 0.717) is 12.4 Å². The second-order valence-electron chi connectivity index (χ2n) is 4.59. The van der Waals surface area contributed by atoms with Gasteiger partial charge in [0, 0.05) is 18.8 Å². The molecule has 1 heterocycles. The van der Waals surface area contributed by atoms with Crippen molar-refractivity contribution in [2.45, 2.75) is 31.8 Å². The van der Waals surface area contributed by atoms with Crippen LogP contribution in [0.4, 0.5) is 10.1 Å². The molecule has 2 N–H and O–H groups in total. The van der Waals surface area contributed by atoms with Gasteiger partial charge in [0.25, 0.3) is 10.0 Å². The summed E-state index contributed by atoms with van der Waals surface area (Å²) >= 11 is 0. The van der Waals surface area contributed by atoms with Crippen molar-refractivity contribution in [1.82, 2.24) is 9.55 Å². The Labute approximate surface area is 122 Å². The minimum absolute atomic E-state index is 0.0981. The number of benzene rings is 1. The molecule has 0 saturated heterocycles. The first-order chi connectivity index (χ1) is 9.83. The number of aromatic nitrogens is 2. The van der Waals surface area contributed by atoms with Crippen LogP contribution in [0.15, 0.2) is 29.4 Å². The predicted molar refractivity (Wildman–Crippen MR) is 76.1 cm³/mol. The molecule has 1 aromatic heterocycles. The molecule has 0 amide bonds. The fourth-order valence-electron chi connectivity index (χ4n) is 1.86. The van der Waals surface area contributed by atoms with E-state index in [2.05, 4.69) is 9.71 Å². The highest BCUT2D eigenvalue weighted by molar-refractivity contribution is 7.92. The summed E-state index contributed by atoms with van der Waals surface area (Å²) in [4.78, 5) is 4.00. The Morgan fingerprint density at radius 1 is 1.43 bits per heavy atom. The molecule has 2 aromatic rings. The monoisotopic (exact) mass is 313 g/mol. The van der Waals surface area contributed by atoms with Crippen LogP contribution in [0.1, 0.15) is 19.2 Å². The van der Waals surface area contributed by atoms with Crippen LogP contribution in [0.3, 0.4) is 0 Å². The number of nitrogens with zero attached hydrogens (tertiary/aromatic N) is 2. The summed E-state index contributed by atoms with van der Waals surface area (Å²) in [5.41, 5.74) is -0.0981. The van der Waals surface area contributed by atoms with Crippen LogP contribution < -0.4 is 4.72 Å². The van der Waals surface area contributed by atoms with Gasteiger partial charge in [-0.05, 0) is 25.5 Å². The Bertz CT molecular complexity index is 756. The Balaban J connectivity index is 2.32. The summed E-state index contributed by atoms with van der Waals surface area (Å²) in [6.07, 6.45) is 2.28. The largest absolute Gasteiger partial charge is 0.506 e. The van der Waals surface area contributed by atoms with Crippen molar-refractivity contribution >= 4 is 15.7 Å². The SMILES string of the molecule is CCCn1cc(S(=O)(=O)Nc2ccc(F)cc2O)nc1C. The van der Waals surface area contributed by atoms with E-state index in [0.717, 1.165) is 24.6 Å². The maximum atomic E-state index is 12.9. The molecule has 21 heavy (non-hydrogen) atoms. The minimum atomic E-state index is -3.93. The number of phenols is 1. The highest BCUT2D eigenvalue weighted by Crippen LogP contribution is 2.26. The van der Waals surface area contributed by atoms with Gasteiger partial charge in [0.05, 0.1) is 5.69 Å². The van der Waals surface area contributed by atoms with Gasteiger partial charge in [-0.1, -0.05) is 6.92 Å². The van der Waals surface area contributed by atoms with Gasteiger partial charge in [-0.25, -0.2) is 9.37 Å². The number of aryl methyl sites for hydroxylation is 2. The Morgan fingerprint density at radius 2 is 2.14 bits per heavy atom. The smallest absolute Gasteiger partial charge is 0.281 e. The van der Waals surface area contributed by atoms with Gasteiger partial charge in [0.15, 0.2) is 5.03 Å². The number of nitrogens with one attached hydrogen (secondary N) is 1. The minimum Gasteiger partial charge on any atom is -0.506 e. The Hall–Kier alpha value is -2.09. The number of sulfonamides is 1. The number of hydrogen-bond acceptors (Lipinski definition) is 4. The molecule has 0 aliphatic rings. The van der Waals surface area contributed by atoms with Crippen LogP contribution >= 0.6 is 0 Å². The topological polar surface area (TPSA) is 84.2 Å². The standard InChI is InChI=1S/C13H16FN3O3S/c1-3-6-17-8-13(15-9(17)2)21(19,20)16-11-5-4-10(14)7-12(11)18/h4-5,7-8,16,18H,3,6H2,1-2H3. The molecular formula is C13H16FN3O3S. The molecule has 0 radical (unpaired) electrons.